The molecule has 2 N–H and O–H groups in total. The molecule has 0 radical (unpaired) electrons. The number of nitrogens with one attached hydrogen (secondary N) is 2. The molecule has 3 unspecified atom stereocenters. The van der Waals surface area contributed by atoms with E-state index in [-0.39, 0.29) is 28.0 Å². The zero-order valence-electron chi connectivity index (χ0n) is 13.6. The molecule has 4 atom stereocenters. The smallest absolute Gasteiger partial charge is 0.249 e. The highest BCUT2D eigenvalue weighted by Crippen LogP contribution is 2.56. The van der Waals surface area contributed by atoms with E-state index in [4.69, 9.17) is 0 Å². The molecule has 2 aliphatic heterocycles. The Bertz CT molecular complexity index is 688. The van der Waals surface area contributed by atoms with Crippen molar-refractivity contribution in [1.29, 1.82) is 0 Å². The van der Waals surface area contributed by atoms with Gasteiger partial charge in [-0.15, -0.1) is 22.0 Å². The maximum atomic E-state index is 12.6. The zero-order chi connectivity index (χ0) is 16.9. The van der Waals surface area contributed by atoms with Crippen LogP contribution in [0.4, 0.5) is 0 Å². The summed E-state index contributed by atoms with van der Waals surface area (Å²) >= 11 is 1.68. The fourth-order valence-corrected chi connectivity index (χ4v) is 5.42. The molecule has 2 amide bonds. The number of β-lactam (4-membered cyclic amide) rings is 1. The predicted molar refractivity (Wildman–Crippen MR) is 87.6 cm³/mol. The predicted octanol–water partition coefficient (Wildman–Crippen LogP) is 0.776. The van der Waals surface area contributed by atoms with Gasteiger partial charge in [0.2, 0.25) is 11.8 Å². The van der Waals surface area contributed by atoms with Crippen LogP contribution in [-0.4, -0.2) is 53.5 Å². The molecule has 9 heteroatoms. The van der Waals surface area contributed by atoms with Gasteiger partial charge in [0.25, 0.3) is 0 Å². The summed E-state index contributed by atoms with van der Waals surface area (Å²) in [4.78, 5) is 26.6. The molecule has 8 nitrogen and oxygen atoms in total. The fraction of sp³-hybridized carbons (Fsp3) is 0.667. The van der Waals surface area contributed by atoms with Crippen LogP contribution in [-0.2, 0) is 9.59 Å². The van der Waals surface area contributed by atoms with Gasteiger partial charge in [-0.1, -0.05) is 17.4 Å². The number of fused-ring (bicyclic) bond motifs is 1. The van der Waals surface area contributed by atoms with Crippen molar-refractivity contribution < 1.29 is 9.59 Å². The SMILES string of the molecule is CC1(C)S[C@@H]2C(NC(=O)CC3C=CCC3)C(=O)N2C1c1nn[nH]n1. The van der Waals surface area contributed by atoms with Gasteiger partial charge in [0, 0.05) is 11.2 Å². The number of amides is 2. The van der Waals surface area contributed by atoms with Crippen molar-refractivity contribution in [3.05, 3.63) is 18.0 Å². The van der Waals surface area contributed by atoms with E-state index in [9.17, 15) is 9.59 Å². The first-order chi connectivity index (χ1) is 11.5. The second-order valence-corrected chi connectivity index (χ2v) is 8.82. The Kier molecular flexibility index (Phi) is 3.63. The summed E-state index contributed by atoms with van der Waals surface area (Å²) in [5, 5.41) is 17.0. The fourth-order valence-electron chi connectivity index (χ4n) is 3.79. The maximum absolute atomic E-state index is 12.6. The van der Waals surface area contributed by atoms with Crippen LogP contribution in [0.15, 0.2) is 12.2 Å². The largest absolute Gasteiger partial charge is 0.342 e. The topological polar surface area (TPSA) is 104 Å². The maximum Gasteiger partial charge on any atom is 0.249 e. The van der Waals surface area contributed by atoms with Crippen LogP contribution < -0.4 is 5.32 Å². The van der Waals surface area contributed by atoms with Crippen molar-refractivity contribution in [3.8, 4) is 0 Å². The first-order valence-electron chi connectivity index (χ1n) is 8.17. The van der Waals surface area contributed by atoms with Crippen LogP contribution >= 0.6 is 11.8 Å². The van der Waals surface area contributed by atoms with Crippen molar-refractivity contribution >= 4 is 23.6 Å². The minimum atomic E-state index is -0.455. The van der Waals surface area contributed by atoms with Gasteiger partial charge in [0.05, 0.1) is 0 Å². The number of hydrogen-bond acceptors (Lipinski definition) is 6. The molecule has 0 bridgehead atoms. The number of rotatable bonds is 4. The molecule has 24 heavy (non-hydrogen) atoms. The van der Waals surface area contributed by atoms with Gasteiger partial charge < -0.3 is 10.2 Å². The van der Waals surface area contributed by atoms with Crippen LogP contribution in [0.2, 0.25) is 0 Å². The third-order valence-electron chi connectivity index (χ3n) is 4.92. The van der Waals surface area contributed by atoms with Gasteiger partial charge in [-0.2, -0.15) is 5.21 Å². The molecule has 3 heterocycles. The Morgan fingerprint density at radius 2 is 2.38 bits per heavy atom. The minimum Gasteiger partial charge on any atom is -0.342 e. The molecule has 4 rings (SSSR count). The molecule has 0 aromatic carbocycles. The Morgan fingerprint density at radius 3 is 3.04 bits per heavy atom. The zero-order valence-corrected chi connectivity index (χ0v) is 14.4. The van der Waals surface area contributed by atoms with Crippen molar-refractivity contribution in [1.82, 2.24) is 30.8 Å². The van der Waals surface area contributed by atoms with Gasteiger partial charge in [-0.05, 0) is 32.6 Å². The minimum absolute atomic E-state index is 0.0500. The van der Waals surface area contributed by atoms with Gasteiger partial charge >= 0.3 is 0 Å². The number of nitrogens with zero attached hydrogens (tertiary/aromatic N) is 4. The average molecular weight is 348 g/mol. The second kappa shape index (κ2) is 5.58. The molecule has 1 aliphatic carbocycles. The van der Waals surface area contributed by atoms with Gasteiger partial charge in [-0.25, -0.2) is 0 Å². The molecular formula is C15H20N6O2S. The molecule has 1 aromatic heterocycles. The highest BCUT2D eigenvalue weighted by molar-refractivity contribution is 8.01. The third kappa shape index (κ3) is 2.42. The van der Waals surface area contributed by atoms with Crippen LogP contribution in [0, 0.1) is 5.92 Å². The number of H-pyrrole nitrogens is 1. The van der Waals surface area contributed by atoms with Crippen LogP contribution in [0.1, 0.15) is 45.0 Å². The molecule has 0 spiro atoms. The number of thioether (sulfide) groups is 1. The number of aromatic amines is 1. The van der Waals surface area contributed by atoms with Crippen LogP contribution in [0.3, 0.4) is 0 Å². The molecule has 1 aromatic rings. The van der Waals surface area contributed by atoms with E-state index in [0.29, 0.717) is 18.2 Å². The lowest BCUT2D eigenvalue weighted by atomic mass is 9.95. The van der Waals surface area contributed by atoms with E-state index in [1.54, 1.807) is 16.7 Å². The number of carbonyl (C=O) groups is 2. The Labute approximate surface area is 143 Å². The standard InChI is InChI=1S/C15H20N6O2S/c1-15(2)11(12-17-19-20-18-12)21-13(23)10(14(21)24-15)16-9(22)7-8-5-3-4-6-8/h3,5,8,10-11,14H,4,6-7H2,1-2H3,(H,16,22)(H,17,18,19,20)/t8?,10?,11?,14-/m1/s1. The summed E-state index contributed by atoms with van der Waals surface area (Å²) < 4.78 is -0.238. The molecule has 2 saturated heterocycles. The van der Waals surface area contributed by atoms with Crippen molar-refractivity contribution in [3.63, 3.8) is 0 Å². The summed E-state index contributed by atoms with van der Waals surface area (Å²) in [6.07, 6.45) is 6.71. The number of aromatic nitrogens is 4. The first kappa shape index (κ1) is 15.6. The number of carbonyl (C=O) groups excluding carboxylic acids is 2. The number of hydrogen-bond donors (Lipinski definition) is 2. The summed E-state index contributed by atoms with van der Waals surface area (Å²) in [7, 11) is 0. The van der Waals surface area contributed by atoms with E-state index in [0.717, 1.165) is 12.8 Å². The summed E-state index contributed by atoms with van der Waals surface area (Å²) in [6, 6.07) is -0.686. The highest BCUT2D eigenvalue weighted by Gasteiger charge is 2.63. The molecular weight excluding hydrogens is 328 g/mol. The molecule has 3 aliphatic rings. The molecule has 2 fully saturated rings. The van der Waals surface area contributed by atoms with Gasteiger partial charge in [0.1, 0.15) is 17.5 Å². The van der Waals surface area contributed by atoms with E-state index >= 15 is 0 Å². The monoisotopic (exact) mass is 348 g/mol. The van der Waals surface area contributed by atoms with E-state index in [1.807, 2.05) is 0 Å². The first-order valence-corrected chi connectivity index (χ1v) is 9.05. The lowest BCUT2D eigenvalue weighted by molar-refractivity contribution is -0.151. The lowest BCUT2D eigenvalue weighted by Crippen LogP contribution is -2.67. The van der Waals surface area contributed by atoms with Crippen molar-refractivity contribution in [2.24, 2.45) is 5.92 Å². The summed E-state index contributed by atoms with van der Waals surface area (Å²) in [5.41, 5.74) is 0. The van der Waals surface area contributed by atoms with E-state index in [2.05, 4.69) is 51.9 Å². The van der Waals surface area contributed by atoms with E-state index < -0.39 is 6.04 Å². The molecule has 128 valence electrons. The average Bonchev–Trinajstić information content (AvgIpc) is 3.24. The Balaban J connectivity index is 1.45. The number of tetrazole rings is 1. The van der Waals surface area contributed by atoms with Crippen LogP contribution in [0.5, 0.6) is 0 Å². The lowest BCUT2D eigenvalue weighted by Gasteiger charge is -2.44. The normalized spacial score (nSPS) is 33.4. The van der Waals surface area contributed by atoms with Gasteiger partial charge in [0.15, 0.2) is 5.82 Å². The van der Waals surface area contributed by atoms with Crippen molar-refractivity contribution in [2.75, 3.05) is 0 Å². The molecule has 0 saturated carbocycles. The van der Waals surface area contributed by atoms with Gasteiger partial charge in [-0.3, -0.25) is 9.59 Å². The van der Waals surface area contributed by atoms with E-state index in [1.165, 1.54) is 0 Å². The Hall–Kier alpha value is -1.90. The Morgan fingerprint density at radius 1 is 1.54 bits per heavy atom. The highest BCUT2D eigenvalue weighted by atomic mass is 32.2. The summed E-state index contributed by atoms with van der Waals surface area (Å²) in [6.45, 7) is 4.12. The second-order valence-electron chi connectivity index (χ2n) is 7.04. The quantitative estimate of drug-likeness (QED) is 0.615. The number of allylic oxidation sites excluding steroid dienone is 2. The summed E-state index contributed by atoms with van der Waals surface area (Å²) in [5.74, 6) is 0.703. The van der Waals surface area contributed by atoms with Crippen LogP contribution in [0.25, 0.3) is 0 Å². The third-order valence-corrected chi connectivity index (χ3v) is 6.50. The van der Waals surface area contributed by atoms with Crippen molar-refractivity contribution in [2.45, 2.75) is 55.3 Å².